The zero-order valence-electron chi connectivity index (χ0n) is 11.5. The van der Waals surface area contributed by atoms with Crippen molar-refractivity contribution in [3.05, 3.63) is 17.8 Å². The summed E-state index contributed by atoms with van der Waals surface area (Å²) < 4.78 is 5.33. The predicted octanol–water partition coefficient (Wildman–Crippen LogP) is 1.75. The quantitative estimate of drug-likeness (QED) is 0.830. The number of rotatable bonds is 4. The molecular formula is C14H21N3O2. The van der Waals surface area contributed by atoms with Gasteiger partial charge in [-0.25, -0.2) is 4.98 Å². The van der Waals surface area contributed by atoms with E-state index in [9.17, 15) is 4.79 Å². The van der Waals surface area contributed by atoms with Gasteiger partial charge in [-0.1, -0.05) is 13.3 Å². The summed E-state index contributed by atoms with van der Waals surface area (Å²) >= 11 is 0. The second-order valence-corrected chi connectivity index (χ2v) is 5.61. The van der Waals surface area contributed by atoms with Crippen molar-refractivity contribution < 1.29 is 9.21 Å². The molecule has 0 unspecified atom stereocenters. The van der Waals surface area contributed by atoms with Crippen LogP contribution in [-0.2, 0) is 6.54 Å². The van der Waals surface area contributed by atoms with Gasteiger partial charge in [0, 0.05) is 32.7 Å². The number of nitrogens with zero attached hydrogens (tertiary/aromatic N) is 3. The van der Waals surface area contributed by atoms with Crippen molar-refractivity contribution >= 4 is 5.91 Å². The second-order valence-electron chi connectivity index (χ2n) is 5.61. The highest BCUT2D eigenvalue weighted by Gasteiger charge is 2.27. The molecule has 5 nitrogen and oxygen atoms in total. The zero-order chi connectivity index (χ0) is 13.2. The number of amides is 1. The fourth-order valence-electron chi connectivity index (χ4n) is 2.83. The Morgan fingerprint density at radius 3 is 2.84 bits per heavy atom. The standard InChI is InChI=1S/C14H21N3O2/c1-2-11-7-16(8-11)9-12-10-19-13(15-12)14(18)17-5-3-4-6-17/h10-11H,2-9H2,1H3. The Bertz CT molecular complexity index is 445. The predicted molar refractivity (Wildman–Crippen MR) is 70.7 cm³/mol. The molecule has 0 spiro atoms. The maximum Gasteiger partial charge on any atom is 0.309 e. The summed E-state index contributed by atoms with van der Waals surface area (Å²) in [4.78, 5) is 20.6. The minimum Gasteiger partial charge on any atom is -0.441 e. The van der Waals surface area contributed by atoms with Gasteiger partial charge in [-0.05, 0) is 18.8 Å². The van der Waals surface area contributed by atoms with Crippen LogP contribution in [0.25, 0.3) is 0 Å². The molecule has 104 valence electrons. The molecule has 2 saturated heterocycles. The van der Waals surface area contributed by atoms with E-state index in [0.717, 1.165) is 57.2 Å². The lowest BCUT2D eigenvalue weighted by Gasteiger charge is -2.38. The van der Waals surface area contributed by atoms with E-state index in [0.29, 0.717) is 0 Å². The van der Waals surface area contributed by atoms with E-state index < -0.39 is 0 Å². The van der Waals surface area contributed by atoms with Crippen molar-refractivity contribution in [3.63, 3.8) is 0 Å². The van der Waals surface area contributed by atoms with Gasteiger partial charge in [0.2, 0.25) is 0 Å². The summed E-state index contributed by atoms with van der Waals surface area (Å²) in [7, 11) is 0. The second kappa shape index (κ2) is 5.33. The van der Waals surface area contributed by atoms with Crippen molar-refractivity contribution in [1.29, 1.82) is 0 Å². The summed E-state index contributed by atoms with van der Waals surface area (Å²) in [6, 6.07) is 0. The van der Waals surface area contributed by atoms with E-state index in [1.54, 1.807) is 6.26 Å². The SMILES string of the molecule is CCC1CN(Cc2coc(C(=O)N3CCCC3)n2)C1. The third-order valence-corrected chi connectivity index (χ3v) is 4.12. The minimum atomic E-state index is -0.0567. The van der Waals surface area contributed by atoms with Crippen LogP contribution >= 0.6 is 0 Å². The topological polar surface area (TPSA) is 49.6 Å². The molecular weight excluding hydrogens is 242 g/mol. The highest BCUT2D eigenvalue weighted by Crippen LogP contribution is 2.21. The Hall–Kier alpha value is -1.36. The van der Waals surface area contributed by atoms with Gasteiger partial charge in [0.1, 0.15) is 6.26 Å². The number of oxazole rings is 1. The average molecular weight is 263 g/mol. The van der Waals surface area contributed by atoms with Gasteiger partial charge in [-0.2, -0.15) is 0 Å². The van der Waals surface area contributed by atoms with Gasteiger partial charge in [-0.3, -0.25) is 9.69 Å². The summed E-state index contributed by atoms with van der Waals surface area (Å²) in [5, 5.41) is 0. The zero-order valence-corrected chi connectivity index (χ0v) is 11.5. The molecule has 2 aliphatic heterocycles. The molecule has 0 atom stereocenters. The average Bonchev–Trinajstić information content (AvgIpc) is 3.03. The van der Waals surface area contributed by atoms with Crippen LogP contribution in [-0.4, -0.2) is 46.9 Å². The van der Waals surface area contributed by atoms with E-state index in [4.69, 9.17) is 4.42 Å². The highest BCUT2D eigenvalue weighted by atomic mass is 16.4. The van der Waals surface area contributed by atoms with Crippen LogP contribution in [0, 0.1) is 5.92 Å². The first kappa shape index (κ1) is 12.7. The van der Waals surface area contributed by atoms with Crippen LogP contribution in [0.4, 0.5) is 0 Å². The molecule has 0 aromatic carbocycles. The van der Waals surface area contributed by atoms with E-state index >= 15 is 0 Å². The maximum atomic E-state index is 12.1. The van der Waals surface area contributed by atoms with Crippen LogP contribution in [0.3, 0.4) is 0 Å². The Morgan fingerprint density at radius 2 is 2.16 bits per heavy atom. The van der Waals surface area contributed by atoms with E-state index in [-0.39, 0.29) is 11.8 Å². The molecule has 2 fully saturated rings. The number of aromatic nitrogens is 1. The lowest BCUT2D eigenvalue weighted by molar-refractivity contribution is 0.0752. The molecule has 2 aliphatic rings. The highest BCUT2D eigenvalue weighted by molar-refractivity contribution is 5.89. The van der Waals surface area contributed by atoms with Crippen molar-refractivity contribution in [1.82, 2.24) is 14.8 Å². The molecule has 0 N–H and O–H groups in total. The van der Waals surface area contributed by atoms with Crippen LogP contribution < -0.4 is 0 Å². The molecule has 1 aromatic heterocycles. The molecule has 0 aliphatic carbocycles. The van der Waals surface area contributed by atoms with E-state index in [1.165, 1.54) is 6.42 Å². The normalized spacial score (nSPS) is 20.8. The third kappa shape index (κ3) is 2.66. The molecule has 1 amide bonds. The number of hydrogen-bond acceptors (Lipinski definition) is 4. The lowest BCUT2D eigenvalue weighted by atomic mass is 9.97. The van der Waals surface area contributed by atoms with E-state index in [1.807, 2.05) is 4.90 Å². The Balaban J connectivity index is 1.55. The van der Waals surface area contributed by atoms with Crippen LogP contribution in [0.5, 0.6) is 0 Å². The molecule has 0 saturated carbocycles. The Kier molecular flexibility index (Phi) is 3.55. The van der Waals surface area contributed by atoms with Crippen LogP contribution in [0.2, 0.25) is 0 Å². The molecule has 0 radical (unpaired) electrons. The molecule has 0 bridgehead atoms. The monoisotopic (exact) mass is 263 g/mol. The van der Waals surface area contributed by atoms with Crippen LogP contribution in [0.1, 0.15) is 42.6 Å². The summed E-state index contributed by atoms with van der Waals surface area (Å²) in [5.41, 5.74) is 0.872. The fraction of sp³-hybridized carbons (Fsp3) is 0.714. The molecule has 19 heavy (non-hydrogen) atoms. The Labute approximate surface area is 113 Å². The van der Waals surface area contributed by atoms with Gasteiger partial charge >= 0.3 is 5.91 Å². The smallest absolute Gasteiger partial charge is 0.309 e. The van der Waals surface area contributed by atoms with Crippen molar-refractivity contribution in [3.8, 4) is 0 Å². The third-order valence-electron chi connectivity index (χ3n) is 4.12. The van der Waals surface area contributed by atoms with Gasteiger partial charge in [-0.15, -0.1) is 0 Å². The first-order chi connectivity index (χ1) is 9.26. The lowest BCUT2D eigenvalue weighted by Crippen LogP contribution is -2.45. The number of hydrogen-bond donors (Lipinski definition) is 0. The van der Waals surface area contributed by atoms with Crippen molar-refractivity contribution in [2.24, 2.45) is 5.92 Å². The van der Waals surface area contributed by atoms with Gasteiger partial charge in [0.05, 0.1) is 5.69 Å². The summed E-state index contributed by atoms with van der Waals surface area (Å²) in [6.07, 6.45) is 5.05. The first-order valence-electron chi connectivity index (χ1n) is 7.22. The Morgan fingerprint density at radius 1 is 1.42 bits per heavy atom. The van der Waals surface area contributed by atoms with E-state index in [2.05, 4.69) is 16.8 Å². The molecule has 5 heteroatoms. The molecule has 3 rings (SSSR count). The van der Waals surface area contributed by atoms with Crippen molar-refractivity contribution in [2.45, 2.75) is 32.7 Å². The summed E-state index contributed by atoms with van der Waals surface area (Å²) in [6.45, 7) is 6.97. The number of likely N-dealkylation sites (tertiary alicyclic amines) is 2. The van der Waals surface area contributed by atoms with Gasteiger partial charge < -0.3 is 9.32 Å². The molecule has 1 aromatic rings. The van der Waals surface area contributed by atoms with Gasteiger partial charge in [0.15, 0.2) is 0 Å². The first-order valence-corrected chi connectivity index (χ1v) is 7.22. The van der Waals surface area contributed by atoms with Crippen LogP contribution in [0.15, 0.2) is 10.7 Å². The summed E-state index contributed by atoms with van der Waals surface area (Å²) in [5.74, 6) is 1.03. The van der Waals surface area contributed by atoms with Crippen molar-refractivity contribution in [2.75, 3.05) is 26.2 Å². The molecule has 3 heterocycles. The number of carbonyl (C=O) groups excluding carboxylic acids is 1. The maximum absolute atomic E-state index is 12.1. The fourth-order valence-corrected chi connectivity index (χ4v) is 2.83. The number of carbonyl (C=O) groups is 1. The van der Waals surface area contributed by atoms with Gasteiger partial charge in [0.25, 0.3) is 5.89 Å². The minimum absolute atomic E-state index is 0.0567. The largest absolute Gasteiger partial charge is 0.441 e.